The number of benzene rings is 2. The van der Waals surface area contributed by atoms with Gasteiger partial charge in [-0.05, 0) is 54.9 Å². The van der Waals surface area contributed by atoms with Crippen molar-refractivity contribution in [1.82, 2.24) is 19.7 Å². The Hall–Kier alpha value is -3.27. The van der Waals surface area contributed by atoms with E-state index in [0.29, 0.717) is 26.1 Å². The number of aromatic amines is 1. The molecule has 3 heterocycles. The van der Waals surface area contributed by atoms with Gasteiger partial charge in [0.25, 0.3) is 0 Å². The molecule has 37 heavy (non-hydrogen) atoms. The topological polar surface area (TPSA) is 102 Å². The van der Waals surface area contributed by atoms with Gasteiger partial charge < -0.3 is 29.6 Å². The lowest BCUT2D eigenvalue weighted by atomic mass is 9.80. The first-order valence-corrected chi connectivity index (χ1v) is 12.8. The number of nitrogens with one attached hydrogen (secondary N) is 1. The SMILES string of the molecule is CCN(CCOC)CCN1C(=O)N2[C@H](c3cccc(O)c3)c3[nH]c4ccc(OC)cc4c3C[C@@]2(C)C1O. The molecule has 2 aliphatic heterocycles. The lowest BCUT2D eigenvalue weighted by molar-refractivity contribution is -0.0264. The fourth-order valence-corrected chi connectivity index (χ4v) is 5.92. The molecular formula is C28H36N4O5. The number of carbonyl (C=O) groups is 1. The van der Waals surface area contributed by atoms with E-state index in [4.69, 9.17) is 9.47 Å². The van der Waals surface area contributed by atoms with E-state index in [9.17, 15) is 15.0 Å². The summed E-state index contributed by atoms with van der Waals surface area (Å²) in [5.74, 6) is 0.876. The van der Waals surface area contributed by atoms with Gasteiger partial charge in [0.15, 0.2) is 6.23 Å². The van der Waals surface area contributed by atoms with Crippen molar-refractivity contribution in [1.29, 1.82) is 0 Å². The molecule has 1 fully saturated rings. The third kappa shape index (κ3) is 4.21. The molecule has 1 unspecified atom stereocenters. The highest BCUT2D eigenvalue weighted by atomic mass is 16.5. The molecule has 3 aromatic rings. The third-order valence-corrected chi connectivity index (χ3v) is 7.97. The zero-order chi connectivity index (χ0) is 26.3. The Morgan fingerprint density at radius 1 is 1.19 bits per heavy atom. The average Bonchev–Trinajstić information content (AvgIpc) is 3.34. The number of likely N-dealkylation sites (N-methyl/N-ethyl adjacent to an activating group) is 1. The van der Waals surface area contributed by atoms with E-state index < -0.39 is 17.8 Å². The molecule has 9 heteroatoms. The van der Waals surface area contributed by atoms with E-state index in [-0.39, 0.29) is 11.8 Å². The number of H-pyrrole nitrogens is 1. The molecule has 2 aliphatic rings. The molecule has 1 saturated heterocycles. The second-order valence-corrected chi connectivity index (χ2v) is 10.1. The van der Waals surface area contributed by atoms with Crippen LogP contribution in [-0.2, 0) is 11.2 Å². The summed E-state index contributed by atoms with van der Waals surface area (Å²) >= 11 is 0. The maximum absolute atomic E-state index is 14.0. The summed E-state index contributed by atoms with van der Waals surface area (Å²) in [6, 6.07) is 12.2. The number of aliphatic hydroxyl groups excluding tert-OH is 1. The number of carbonyl (C=O) groups excluding carboxylic acids is 1. The molecule has 0 radical (unpaired) electrons. The summed E-state index contributed by atoms with van der Waals surface area (Å²) in [6.07, 6.45) is -0.514. The zero-order valence-electron chi connectivity index (χ0n) is 21.9. The van der Waals surface area contributed by atoms with E-state index in [0.717, 1.165) is 46.6 Å². The minimum atomic E-state index is -0.996. The highest BCUT2D eigenvalue weighted by Gasteiger charge is 2.59. The normalized spacial score (nSPS) is 23.1. The van der Waals surface area contributed by atoms with Gasteiger partial charge in [0.1, 0.15) is 17.5 Å². The summed E-state index contributed by atoms with van der Waals surface area (Å²) in [6.45, 7) is 7.26. The van der Waals surface area contributed by atoms with Gasteiger partial charge in [0, 0.05) is 49.8 Å². The highest BCUT2D eigenvalue weighted by molar-refractivity contribution is 5.89. The van der Waals surface area contributed by atoms with Crippen molar-refractivity contribution in [2.24, 2.45) is 0 Å². The minimum absolute atomic E-state index is 0.130. The van der Waals surface area contributed by atoms with Crippen LogP contribution in [0.5, 0.6) is 11.5 Å². The summed E-state index contributed by atoms with van der Waals surface area (Å²) in [7, 11) is 3.32. The number of hydrogen-bond acceptors (Lipinski definition) is 6. The number of hydrogen-bond donors (Lipinski definition) is 3. The zero-order valence-corrected chi connectivity index (χ0v) is 21.9. The molecule has 1 aromatic heterocycles. The lowest BCUT2D eigenvalue weighted by Crippen LogP contribution is -2.55. The number of aromatic hydroxyl groups is 1. The number of fused-ring (bicyclic) bond motifs is 4. The van der Waals surface area contributed by atoms with Crippen LogP contribution in [0, 0.1) is 0 Å². The predicted molar refractivity (Wildman–Crippen MR) is 141 cm³/mol. The van der Waals surface area contributed by atoms with Crippen molar-refractivity contribution < 1.29 is 24.5 Å². The Bertz CT molecular complexity index is 1290. The lowest BCUT2D eigenvalue weighted by Gasteiger charge is -2.44. The van der Waals surface area contributed by atoms with Crippen LogP contribution in [0.1, 0.15) is 36.7 Å². The molecule has 9 nitrogen and oxygen atoms in total. The van der Waals surface area contributed by atoms with Crippen LogP contribution in [0.4, 0.5) is 4.79 Å². The second kappa shape index (κ2) is 9.89. The van der Waals surface area contributed by atoms with Gasteiger partial charge in [-0.15, -0.1) is 0 Å². The number of ether oxygens (including phenoxy) is 2. The molecule has 5 rings (SSSR count). The average molecular weight is 509 g/mol. The first-order valence-electron chi connectivity index (χ1n) is 12.8. The van der Waals surface area contributed by atoms with Crippen LogP contribution in [-0.4, -0.2) is 94.7 Å². The van der Waals surface area contributed by atoms with Crippen LogP contribution in [0.15, 0.2) is 42.5 Å². The molecule has 0 saturated carbocycles. The Labute approximate surface area is 217 Å². The van der Waals surface area contributed by atoms with Crippen LogP contribution < -0.4 is 4.74 Å². The Kier molecular flexibility index (Phi) is 6.78. The highest BCUT2D eigenvalue weighted by Crippen LogP contribution is 2.50. The molecule has 198 valence electrons. The summed E-state index contributed by atoms with van der Waals surface area (Å²) in [4.78, 5) is 23.1. The number of phenolic OH excluding ortho intramolecular Hbond substituents is 1. The van der Waals surface area contributed by atoms with Crippen molar-refractivity contribution in [3.63, 3.8) is 0 Å². The van der Waals surface area contributed by atoms with Crippen LogP contribution in [0.2, 0.25) is 0 Å². The number of rotatable bonds is 9. The standard InChI is InChI=1S/C28H36N4O5/c1-5-30(13-14-36-3)11-12-31-26(34)28(2)17-22-21-16-20(37-4)9-10-23(21)29-24(22)25(32(28)27(31)35)18-7-6-8-19(33)15-18/h6-10,15-16,25-26,29,33-34H,5,11-14,17H2,1-4H3/t25-,26?,28+/m1/s1. The Balaban J connectivity index is 1.58. The van der Waals surface area contributed by atoms with Gasteiger partial charge in [-0.3, -0.25) is 9.80 Å². The summed E-state index contributed by atoms with van der Waals surface area (Å²) in [5.41, 5.74) is 2.79. The molecular weight excluding hydrogens is 472 g/mol. The first kappa shape index (κ1) is 25.4. The summed E-state index contributed by atoms with van der Waals surface area (Å²) in [5, 5.41) is 23.0. The van der Waals surface area contributed by atoms with Crippen molar-refractivity contribution in [2.75, 3.05) is 47.0 Å². The smallest absolute Gasteiger partial charge is 0.323 e. The number of urea groups is 1. The van der Waals surface area contributed by atoms with Crippen LogP contribution in [0.3, 0.4) is 0 Å². The fourth-order valence-electron chi connectivity index (χ4n) is 5.92. The van der Waals surface area contributed by atoms with Crippen LogP contribution >= 0.6 is 0 Å². The Morgan fingerprint density at radius 2 is 2.00 bits per heavy atom. The largest absolute Gasteiger partial charge is 0.508 e. The fraction of sp³-hybridized carbons (Fsp3) is 0.464. The maximum atomic E-state index is 14.0. The third-order valence-electron chi connectivity index (χ3n) is 7.97. The molecule has 3 N–H and O–H groups in total. The Morgan fingerprint density at radius 3 is 2.70 bits per heavy atom. The molecule has 3 atom stereocenters. The quantitative estimate of drug-likeness (QED) is 0.410. The minimum Gasteiger partial charge on any atom is -0.508 e. The van der Waals surface area contributed by atoms with Gasteiger partial charge in [-0.25, -0.2) is 4.79 Å². The maximum Gasteiger partial charge on any atom is 0.323 e. The number of aliphatic hydroxyl groups is 1. The van der Waals surface area contributed by atoms with Gasteiger partial charge in [-0.2, -0.15) is 0 Å². The van der Waals surface area contributed by atoms with Crippen molar-refractivity contribution in [2.45, 2.75) is 38.1 Å². The summed E-state index contributed by atoms with van der Waals surface area (Å²) < 4.78 is 10.7. The van der Waals surface area contributed by atoms with Crippen molar-refractivity contribution in [3.8, 4) is 11.5 Å². The van der Waals surface area contributed by atoms with Gasteiger partial charge in [0.2, 0.25) is 0 Å². The number of methoxy groups -OCH3 is 2. The van der Waals surface area contributed by atoms with Gasteiger partial charge in [-0.1, -0.05) is 19.1 Å². The van der Waals surface area contributed by atoms with Crippen LogP contribution in [0.25, 0.3) is 10.9 Å². The molecule has 2 amide bonds. The van der Waals surface area contributed by atoms with E-state index in [2.05, 4.69) is 16.8 Å². The van der Waals surface area contributed by atoms with E-state index in [1.807, 2.05) is 31.2 Å². The second-order valence-electron chi connectivity index (χ2n) is 10.1. The molecule has 0 aliphatic carbocycles. The molecule has 2 aromatic carbocycles. The van der Waals surface area contributed by atoms with Gasteiger partial charge >= 0.3 is 6.03 Å². The molecule has 0 bridgehead atoms. The van der Waals surface area contributed by atoms with Gasteiger partial charge in [0.05, 0.1) is 19.3 Å². The van der Waals surface area contributed by atoms with E-state index in [1.165, 1.54) is 0 Å². The predicted octanol–water partition coefficient (Wildman–Crippen LogP) is 3.31. The number of aromatic nitrogens is 1. The monoisotopic (exact) mass is 508 g/mol. The number of amides is 2. The number of phenols is 1. The number of nitrogens with zero attached hydrogens (tertiary/aromatic N) is 3. The van der Waals surface area contributed by atoms with Crippen molar-refractivity contribution >= 4 is 16.9 Å². The first-order chi connectivity index (χ1) is 17.8. The van der Waals surface area contributed by atoms with Crippen molar-refractivity contribution in [3.05, 3.63) is 59.3 Å². The van der Waals surface area contributed by atoms with E-state index in [1.54, 1.807) is 42.2 Å². The molecule has 0 spiro atoms. The van der Waals surface area contributed by atoms with E-state index >= 15 is 0 Å².